The van der Waals surface area contributed by atoms with Gasteiger partial charge in [0, 0.05) is 13.2 Å². The third-order valence-electron chi connectivity index (χ3n) is 1.81. The number of hydrogen-bond acceptors (Lipinski definition) is 3. The van der Waals surface area contributed by atoms with Crippen molar-refractivity contribution in [2.45, 2.75) is 0 Å². The number of rotatable bonds is 1. The molecule has 0 aromatic carbocycles. The van der Waals surface area contributed by atoms with Gasteiger partial charge in [0.05, 0.1) is 17.3 Å². The Morgan fingerprint density at radius 3 is 3.23 bits per heavy atom. The van der Waals surface area contributed by atoms with E-state index in [4.69, 9.17) is 0 Å². The maximum Gasteiger partial charge on any atom is 0.254 e. The molecule has 0 aliphatic heterocycles. The van der Waals surface area contributed by atoms with Gasteiger partial charge < -0.3 is 10.3 Å². The molecule has 2 heterocycles. The SMILES string of the molecule is CNC(=O)c1c[nH]c2cncnc12. The average molecular weight is 176 g/mol. The van der Waals surface area contributed by atoms with E-state index in [0.29, 0.717) is 11.1 Å². The Morgan fingerprint density at radius 1 is 1.62 bits per heavy atom. The number of carbonyl (C=O) groups is 1. The Hall–Kier alpha value is -1.91. The number of fused-ring (bicyclic) bond motifs is 1. The molecule has 0 unspecified atom stereocenters. The van der Waals surface area contributed by atoms with E-state index < -0.39 is 0 Å². The zero-order valence-electron chi connectivity index (χ0n) is 7.03. The molecule has 1 amide bonds. The predicted molar refractivity (Wildman–Crippen MR) is 47.3 cm³/mol. The maximum atomic E-state index is 11.3. The topological polar surface area (TPSA) is 70.7 Å². The molecule has 2 aromatic rings. The third kappa shape index (κ3) is 1.14. The van der Waals surface area contributed by atoms with Gasteiger partial charge in [0.2, 0.25) is 0 Å². The van der Waals surface area contributed by atoms with E-state index in [9.17, 15) is 4.79 Å². The molecule has 0 saturated carbocycles. The lowest BCUT2D eigenvalue weighted by molar-refractivity contribution is 0.0964. The molecule has 2 N–H and O–H groups in total. The molecule has 5 heteroatoms. The minimum Gasteiger partial charge on any atom is -0.358 e. The van der Waals surface area contributed by atoms with Crippen molar-refractivity contribution < 1.29 is 4.79 Å². The lowest BCUT2D eigenvalue weighted by Gasteiger charge is -1.94. The predicted octanol–water partition coefficient (Wildman–Crippen LogP) is 0.317. The molecule has 0 saturated heterocycles. The summed E-state index contributed by atoms with van der Waals surface area (Å²) in [5.74, 6) is -0.148. The van der Waals surface area contributed by atoms with Gasteiger partial charge in [0.25, 0.3) is 5.91 Å². The minimum absolute atomic E-state index is 0.148. The number of nitrogens with one attached hydrogen (secondary N) is 2. The lowest BCUT2D eigenvalue weighted by Crippen LogP contribution is -2.17. The Balaban J connectivity index is 2.64. The van der Waals surface area contributed by atoms with Crippen molar-refractivity contribution in [2.24, 2.45) is 0 Å². The number of amides is 1. The Labute approximate surface area is 74.2 Å². The highest BCUT2D eigenvalue weighted by molar-refractivity contribution is 6.04. The van der Waals surface area contributed by atoms with Crippen molar-refractivity contribution in [3.05, 3.63) is 24.3 Å². The fourth-order valence-electron chi connectivity index (χ4n) is 1.18. The van der Waals surface area contributed by atoms with Crippen LogP contribution >= 0.6 is 0 Å². The van der Waals surface area contributed by atoms with E-state index in [2.05, 4.69) is 20.3 Å². The number of aromatic nitrogens is 3. The third-order valence-corrected chi connectivity index (χ3v) is 1.81. The van der Waals surface area contributed by atoms with E-state index in [-0.39, 0.29) is 5.91 Å². The fourth-order valence-corrected chi connectivity index (χ4v) is 1.18. The number of hydrogen-bond donors (Lipinski definition) is 2. The lowest BCUT2D eigenvalue weighted by atomic mass is 10.3. The van der Waals surface area contributed by atoms with Gasteiger partial charge in [-0.3, -0.25) is 4.79 Å². The van der Waals surface area contributed by atoms with Crippen LogP contribution in [0.25, 0.3) is 11.0 Å². The van der Waals surface area contributed by atoms with Crippen LogP contribution in [0.2, 0.25) is 0 Å². The van der Waals surface area contributed by atoms with E-state index in [0.717, 1.165) is 5.52 Å². The quantitative estimate of drug-likeness (QED) is 0.657. The highest BCUT2D eigenvalue weighted by atomic mass is 16.1. The van der Waals surface area contributed by atoms with Gasteiger partial charge in [-0.2, -0.15) is 0 Å². The summed E-state index contributed by atoms with van der Waals surface area (Å²) in [6.07, 6.45) is 4.68. The number of nitrogens with zero attached hydrogens (tertiary/aromatic N) is 2. The summed E-state index contributed by atoms with van der Waals surface area (Å²) in [7, 11) is 1.59. The average Bonchev–Trinajstić information content (AvgIpc) is 2.60. The second-order valence-corrected chi connectivity index (χ2v) is 2.57. The van der Waals surface area contributed by atoms with E-state index >= 15 is 0 Å². The maximum absolute atomic E-state index is 11.3. The molecule has 0 aliphatic carbocycles. The highest BCUT2D eigenvalue weighted by Gasteiger charge is 2.10. The molecule has 2 rings (SSSR count). The molecule has 66 valence electrons. The Kier molecular flexibility index (Phi) is 1.70. The molecule has 0 radical (unpaired) electrons. The van der Waals surface area contributed by atoms with Crippen molar-refractivity contribution in [2.75, 3.05) is 7.05 Å². The van der Waals surface area contributed by atoms with Crippen LogP contribution in [0.5, 0.6) is 0 Å². The number of aromatic amines is 1. The number of H-pyrrole nitrogens is 1. The first-order valence-corrected chi connectivity index (χ1v) is 3.82. The molecule has 0 aliphatic rings. The summed E-state index contributed by atoms with van der Waals surface area (Å²) in [6.45, 7) is 0. The van der Waals surface area contributed by atoms with Gasteiger partial charge in [0.1, 0.15) is 11.8 Å². The van der Waals surface area contributed by atoms with E-state index in [1.54, 1.807) is 19.4 Å². The monoisotopic (exact) mass is 176 g/mol. The van der Waals surface area contributed by atoms with Gasteiger partial charge >= 0.3 is 0 Å². The van der Waals surface area contributed by atoms with Crippen LogP contribution in [0.3, 0.4) is 0 Å². The molecule has 5 nitrogen and oxygen atoms in total. The Morgan fingerprint density at radius 2 is 2.46 bits per heavy atom. The summed E-state index contributed by atoms with van der Waals surface area (Å²) in [5, 5.41) is 2.54. The zero-order valence-corrected chi connectivity index (χ0v) is 7.03. The van der Waals surface area contributed by atoms with Gasteiger partial charge in [-0.15, -0.1) is 0 Å². The summed E-state index contributed by atoms with van der Waals surface area (Å²) >= 11 is 0. The van der Waals surface area contributed by atoms with E-state index in [1.165, 1.54) is 6.33 Å². The summed E-state index contributed by atoms with van der Waals surface area (Å²) < 4.78 is 0. The fraction of sp³-hybridized carbons (Fsp3) is 0.125. The van der Waals surface area contributed by atoms with Gasteiger partial charge in [0.15, 0.2) is 0 Å². The second-order valence-electron chi connectivity index (χ2n) is 2.57. The van der Waals surface area contributed by atoms with Crippen LogP contribution in [0, 0.1) is 0 Å². The summed E-state index contributed by atoms with van der Waals surface area (Å²) in [4.78, 5) is 22.1. The molecular weight excluding hydrogens is 168 g/mol. The molecule has 0 fully saturated rings. The van der Waals surface area contributed by atoms with Gasteiger partial charge in [-0.25, -0.2) is 9.97 Å². The first-order valence-electron chi connectivity index (χ1n) is 3.82. The smallest absolute Gasteiger partial charge is 0.254 e. The van der Waals surface area contributed by atoms with Crippen LogP contribution in [0.1, 0.15) is 10.4 Å². The van der Waals surface area contributed by atoms with Crippen LogP contribution in [-0.2, 0) is 0 Å². The summed E-state index contributed by atoms with van der Waals surface area (Å²) in [6, 6.07) is 0. The molecule has 13 heavy (non-hydrogen) atoms. The van der Waals surface area contributed by atoms with Crippen molar-refractivity contribution >= 4 is 16.9 Å². The van der Waals surface area contributed by atoms with Crippen molar-refractivity contribution in [3.8, 4) is 0 Å². The van der Waals surface area contributed by atoms with Crippen molar-refractivity contribution in [1.82, 2.24) is 20.3 Å². The van der Waals surface area contributed by atoms with Crippen LogP contribution in [0.4, 0.5) is 0 Å². The normalized spacial score (nSPS) is 10.2. The van der Waals surface area contributed by atoms with E-state index in [1.807, 2.05) is 0 Å². The molecule has 2 aromatic heterocycles. The van der Waals surface area contributed by atoms with Crippen LogP contribution in [0.15, 0.2) is 18.7 Å². The van der Waals surface area contributed by atoms with Crippen LogP contribution < -0.4 is 5.32 Å². The molecular formula is C8H8N4O. The first-order chi connectivity index (χ1) is 6.33. The molecule has 0 atom stereocenters. The highest BCUT2D eigenvalue weighted by Crippen LogP contribution is 2.12. The second kappa shape index (κ2) is 2.85. The van der Waals surface area contributed by atoms with Gasteiger partial charge in [-0.1, -0.05) is 0 Å². The summed E-state index contributed by atoms with van der Waals surface area (Å²) in [5.41, 5.74) is 1.95. The van der Waals surface area contributed by atoms with Crippen LogP contribution in [-0.4, -0.2) is 27.9 Å². The number of carbonyl (C=O) groups excluding carboxylic acids is 1. The molecule has 0 spiro atoms. The molecule has 0 bridgehead atoms. The van der Waals surface area contributed by atoms with Gasteiger partial charge in [-0.05, 0) is 0 Å². The van der Waals surface area contributed by atoms with Crippen molar-refractivity contribution in [1.29, 1.82) is 0 Å². The largest absolute Gasteiger partial charge is 0.358 e. The zero-order chi connectivity index (χ0) is 9.26. The Bertz CT molecular complexity index is 448. The first kappa shape index (κ1) is 7.72. The van der Waals surface area contributed by atoms with Crippen molar-refractivity contribution in [3.63, 3.8) is 0 Å². The minimum atomic E-state index is -0.148. The standard InChI is InChI=1S/C8H8N4O/c1-9-8(13)5-2-11-6-3-10-4-12-7(5)6/h2-4,11H,1H3,(H,9,13).